The van der Waals surface area contributed by atoms with Gasteiger partial charge in [-0.2, -0.15) is 0 Å². The van der Waals surface area contributed by atoms with Gasteiger partial charge in [0.15, 0.2) is 0 Å². The molecule has 0 fully saturated rings. The number of unbranched alkanes of at least 4 members (excludes halogenated alkanes) is 1. The number of carbonyl (C=O) groups excluding carboxylic acids is 1. The zero-order chi connectivity index (χ0) is 14.6. The van der Waals surface area contributed by atoms with Crippen LogP contribution in [0.2, 0.25) is 0 Å². The van der Waals surface area contributed by atoms with E-state index in [-0.39, 0.29) is 12.0 Å². The lowest BCUT2D eigenvalue weighted by atomic mass is 9.64. The van der Waals surface area contributed by atoms with E-state index in [0.717, 1.165) is 0 Å². The van der Waals surface area contributed by atoms with Crippen molar-refractivity contribution in [2.24, 2.45) is 17.1 Å². The second kappa shape index (κ2) is 5.69. The summed E-state index contributed by atoms with van der Waals surface area (Å²) in [5, 5.41) is 18.7. The van der Waals surface area contributed by atoms with Crippen LogP contribution < -0.4 is 5.73 Å². The highest BCUT2D eigenvalue weighted by atomic mass is 16.4. The number of nitrogens with two attached hydrogens (primary N) is 1. The lowest BCUT2D eigenvalue weighted by Gasteiger charge is -2.36. The Labute approximate surface area is 110 Å². The number of aliphatic carboxylic acids is 2. The van der Waals surface area contributed by atoms with E-state index in [1.54, 1.807) is 0 Å². The van der Waals surface area contributed by atoms with Gasteiger partial charge in [-0.3, -0.25) is 9.59 Å². The molecule has 0 saturated carbocycles. The zero-order valence-corrected chi connectivity index (χ0v) is 10.6. The van der Waals surface area contributed by atoms with Crippen molar-refractivity contribution in [2.45, 2.75) is 26.2 Å². The summed E-state index contributed by atoms with van der Waals surface area (Å²) in [7, 11) is 0. The van der Waals surface area contributed by atoms with Crippen LogP contribution >= 0.6 is 0 Å². The number of carboxylic acids is 2. The normalized spacial score (nSPS) is 25.7. The first kappa shape index (κ1) is 14.9. The lowest BCUT2D eigenvalue weighted by molar-refractivity contribution is -0.155. The van der Waals surface area contributed by atoms with E-state index in [0.29, 0.717) is 12.8 Å². The van der Waals surface area contributed by atoms with Crippen molar-refractivity contribution in [3.05, 3.63) is 23.8 Å². The van der Waals surface area contributed by atoms with Crippen LogP contribution in [0.25, 0.3) is 0 Å². The van der Waals surface area contributed by atoms with Crippen molar-refractivity contribution in [3.63, 3.8) is 0 Å². The van der Waals surface area contributed by atoms with Gasteiger partial charge in [0.2, 0.25) is 5.91 Å². The minimum atomic E-state index is -1.78. The van der Waals surface area contributed by atoms with Gasteiger partial charge in [-0.25, -0.2) is 4.79 Å². The quantitative estimate of drug-likeness (QED) is 0.661. The molecule has 0 aromatic carbocycles. The van der Waals surface area contributed by atoms with Crippen molar-refractivity contribution in [1.29, 1.82) is 0 Å². The predicted molar refractivity (Wildman–Crippen MR) is 67.1 cm³/mol. The molecule has 4 N–H and O–H groups in total. The van der Waals surface area contributed by atoms with E-state index >= 15 is 0 Å². The highest BCUT2D eigenvalue weighted by Gasteiger charge is 2.53. The third-order valence-corrected chi connectivity index (χ3v) is 3.42. The first-order valence-electron chi connectivity index (χ1n) is 6.02. The molecule has 2 atom stereocenters. The second-order valence-electron chi connectivity index (χ2n) is 4.53. The summed E-state index contributed by atoms with van der Waals surface area (Å²) in [5.41, 5.74) is 3.17. The Morgan fingerprint density at radius 3 is 2.42 bits per heavy atom. The van der Waals surface area contributed by atoms with Crippen LogP contribution in [0.15, 0.2) is 23.8 Å². The molecule has 0 bridgehead atoms. The molecule has 104 valence electrons. The highest BCUT2D eigenvalue weighted by Crippen LogP contribution is 2.44. The van der Waals surface area contributed by atoms with Gasteiger partial charge in [0.05, 0.1) is 11.5 Å². The van der Waals surface area contributed by atoms with Crippen molar-refractivity contribution in [1.82, 2.24) is 0 Å². The van der Waals surface area contributed by atoms with E-state index in [9.17, 15) is 24.6 Å². The largest absolute Gasteiger partial charge is 0.481 e. The van der Waals surface area contributed by atoms with Crippen LogP contribution in [-0.4, -0.2) is 28.1 Å². The van der Waals surface area contributed by atoms with Crippen LogP contribution in [0.3, 0.4) is 0 Å². The Bertz CT molecular complexity index is 466. The highest BCUT2D eigenvalue weighted by molar-refractivity contribution is 6.01. The molecule has 1 aliphatic rings. The number of hydrogen-bond acceptors (Lipinski definition) is 3. The second-order valence-corrected chi connectivity index (χ2v) is 4.53. The number of primary amides is 1. The monoisotopic (exact) mass is 267 g/mol. The lowest BCUT2D eigenvalue weighted by Crippen LogP contribution is -2.48. The molecule has 0 aliphatic heterocycles. The molecule has 0 heterocycles. The fourth-order valence-corrected chi connectivity index (χ4v) is 2.44. The summed E-state index contributed by atoms with van der Waals surface area (Å²) in [6.07, 6.45) is 5.21. The van der Waals surface area contributed by atoms with Crippen molar-refractivity contribution < 1.29 is 24.6 Å². The number of carboxylic acid groups (broad SMARTS) is 2. The van der Waals surface area contributed by atoms with Crippen molar-refractivity contribution in [2.75, 3.05) is 0 Å². The summed E-state index contributed by atoms with van der Waals surface area (Å²) >= 11 is 0. The minimum Gasteiger partial charge on any atom is -0.481 e. The molecule has 1 aliphatic carbocycles. The van der Waals surface area contributed by atoms with Gasteiger partial charge in [-0.15, -0.1) is 0 Å². The molecule has 2 unspecified atom stereocenters. The molecule has 1 rings (SSSR count). The van der Waals surface area contributed by atoms with Crippen LogP contribution in [0.4, 0.5) is 0 Å². The maximum Gasteiger partial charge on any atom is 0.332 e. The molecule has 0 saturated heterocycles. The van der Waals surface area contributed by atoms with Gasteiger partial charge in [-0.05, 0) is 6.42 Å². The Hall–Kier alpha value is -2.11. The van der Waals surface area contributed by atoms with Crippen LogP contribution in [0.5, 0.6) is 0 Å². The van der Waals surface area contributed by atoms with E-state index in [2.05, 4.69) is 0 Å². The summed E-state index contributed by atoms with van der Waals surface area (Å²) in [6, 6.07) is 0. The molecular formula is C13H17NO5. The average Bonchev–Trinajstić information content (AvgIpc) is 2.34. The Morgan fingerprint density at radius 2 is 2.00 bits per heavy atom. The summed E-state index contributed by atoms with van der Waals surface area (Å²) in [4.78, 5) is 34.4. The molecule has 0 aromatic heterocycles. The molecule has 0 radical (unpaired) electrons. The SMILES string of the molecule is CCCCC1(C(=O)O)C(C(=O)O)=CC=CC1C(N)=O. The molecular weight excluding hydrogens is 250 g/mol. The van der Waals surface area contributed by atoms with Crippen LogP contribution in [0.1, 0.15) is 26.2 Å². The number of carbonyl (C=O) groups is 3. The fraction of sp³-hybridized carbons (Fsp3) is 0.462. The third kappa shape index (κ3) is 2.52. The molecule has 6 heteroatoms. The predicted octanol–water partition coefficient (Wildman–Crippen LogP) is 0.930. The molecule has 1 amide bonds. The first-order chi connectivity index (χ1) is 8.87. The zero-order valence-electron chi connectivity index (χ0n) is 10.6. The van der Waals surface area contributed by atoms with E-state index < -0.39 is 29.2 Å². The molecule has 0 aromatic rings. The third-order valence-electron chi connectivity index (χ3n) is 3.42. The summed E-state index contributed by atoms with van der Waals surface area (Å²) in [6.45, 7) is 1.86. The standard InChI is InChI=1S/C13H17NO5/c1-2-3-7-13(12(18)19)8(10(14)15)5-4-6-9(13)11(16)17/h4-6,8H,2-3,7H2,1H3,(H2,14,15)(H,16,17)(H,18,19). The topological polar surface area (TPSA) is 118 Å². The summed E-state index contributed by atoms with van der Waals surface area (Å²) < 4.78 is 0. The van der Waals surface area contributed by atoms with Gasteiger partial charge in [0.1, 0.15) is 5.41 Å². The number of hydrogen-bond donors (Lipinski definition) is 3. The fourth-order valence-electron chi connectivity index (χ4n) is 2.44. The maximum atomic E-state index is 11.7. The van der Waals surface area contributed by atoms with Gasteiger partial charge in [0.25, 0.3) is 0 Å². The first-order valence-corrected chi connectivity index (χ1v) is 6.02. The van der Waals surface area contributed by atoms with Gasteiger partial charge >= 0.3 is 11.9 Å². The number of allylic oxidation sites excluding steroid dienone is 2. The number of rotatable bonds is 6. The van der Waals surface area contributed by atoms with Gasteiger partial charge < -0.3 is 15.9 Å². The Balaban J connectivity index is 3.40. The Kier molecular flexibility index (Phi) is 4.47. The summed E-state index contributed by atoms with van der Waals surface area (Å²) in [5.74, 6) is -4.65. The van der Waals surface area contributed by atoms with Crippen molar-refractivity contribution >= 4 is 17.8 Å². The van der Waals surface area contributed by atoms with E-state index in [1.807, 2.05) is 6.92 Å². The van der Waals surface area contributed by atoms with Crippen LogP contribution in [-0.2, 0) is 14.4 Å². The van der Waals surface area contributed by atoms with Crippen molar-refractivity contribution in [3.8, 4) is 0 Å². The molecule has 0 spiro atoms. The Morgan fingerprint density at radius 1 is 1.37 bits per heavy atom. The number of amides is 1. The van der Waals surface area contributed by atoms with E-state index in [1.165, 1.54) is 18.2 Å². The maximum absolute atomic E-state index is 11.7. The van der Waals surface area contributed by atoms with Crippen LogP contribution in [0, 0.1) is 11.3 Å². The molecule has 6 nitrogen and oxygen atoms in total. The average molecular weight is 267 g/mol. The van der Waals surface area contributed by atoms with E-state index in [4.69, 9.17) is 5.73 Å². The minimum absolute atomic E-state index is 0.0644. The van der Waals surface area contributed by atoms with Gasteiger partial charge in [0, 0.05) is 0 Å². The van der Waals surface area contributed by atoms with Gasteiger partial charge in [-0.1, -0.05) is 38.0 Å². The smallest absolute Gasteiger partial charge is 0.332 e. The molecule has 19 heavy (non-hydrogen) atoms.